The highest BCUT2D eigenvalue weighted by Crippen LogP contribution is 2.30. The number of hydrogen-bond acceptors (Lipinski definition) is 4. The summed E-state index contributed by atoms with van der Waals surface area (Å²) in [5, 5.41) is 3.15. The molecule has 0 aliphatic heterocycles. The molecule has 9 heteroatoms. The zero-order chi connectivity index (χ0) is 28.8. The summed E-state index contributed by atoms with van der Waals surface area (Å²) >= 11 is 6.44. The monoisotopic (exact) mass is 569 g/mol. The first-order valence-electron chi connectivity index (χ1n) is 12.8. The van der Waals surface area contributed by atoms with Crippen LogP contribution in [0.5, 0.6) is 0 Å². The summed E-state index contributed by atoms with van der Waals surface area (Å²) in [6.45, 7) is 8.99. The summed E-state index contributed by atoms with van der Waals surface area (Å²) in [5.74, 6) is -0.826. The van der Waals surface area contributed by atoms with E-state index in [0.717, 1.165) is 15.4 Å². The summed E-state index contributed by atoms with van der Waals surface area (Å²) in [4.78, 5) is 28.9. The summed E-state index contributed by atoms with van der Waals surface area (Å²) < 4.78 is 28.7. The van der Waals surface area contributed by atoms with E-state index in [2.05, 4.69) is 5.32 Å². The van der Waals surface area contributed by atoms with E-state index in [4.69, 9.17) is 11.6 Å². The third-order valence-electron chi connectivity index (χ3n) is 6.05. The van der Waals surface area contributed by atoms with Crippen molar-refractivity contribution in [2.75, 3.05) is 10.8 Å². The fourth-order valence-corrected chi connectivity index (χ4v) is 6.01. The summed E-state index contributed by atoms with van der Waals surface area (Å²) in [6, 6.07) is 21.2. The standard InChI is InChI=1S/C30H36ClN3O4S/c1-6-26(29(36)32-30(3,4)5)33(20-23-14-12-13-22(2)19-23)28(35)21-34(27-18-11-10-17-25(27)31)39(37,38)24-15-8-7-9-16-24/h7-19,26H,6,20-21H2,1-5H3,(H,32,36). The van der Waals surface area contributed by atoms with Gasteiger partial charge in [-0.05, 0) is 63.9 Å². The lowest BCUT2D eigenvalue weighted by Crippen LogP contribution is -2.55. The largest absolute Gasteiger partial charge is 0.350 e. The Morgan fingerprint density at radius 1 is 0.949 bits per heavy atom. The molecule has 0 fully saturated rings. The molecule has 1 N–H and O–H groups in total. The number of para-hydroxylation sites is 1. The van der Waals surface area contributed by atoms with E-state index < -0.39 is 34.1 Å². The van der Waals surface area contributed by atoms with Crippen molar-refractivity contribution >= 4 is 39.1 Å². The lowest BCUT2D eigenvalue weighted by Gasteiger charge is -2.35. The molecule has 0 bridgehead atoms. The average Bonchev–Trinajstić information content (AvgIpc) is 2.87. The van der Waals surface area contributed by atoms with Crippen molar-refractivity contribution in [3.8, 4) is 0 Å². The molecule has 39 heavy (non-hydrogen) atoms. The fraction of sp³-hybridized carbons (Fsp3) is 0.333. The molecule has 0 aliphatic rings. The lowest BCUT2D eigenvalue weighted by atomic mass is 10.0. The van der Waals surface area contributed by atoms with Crippen LogP contribution >= 0.6 is 11.6 Å². The molecule has 3 aromatic carbocycles. The molecule has 0 aliphatic carbocycles. The van der Waals surface area contributed by atoms with Crippen molar-refractivity contribution in [3.63, 3.8) is 0 Å². The van der Waals surface area contributed by atoms with Gasteiger partial charge in [-0.25, -0.2) is 8.42 Å². The van der Waals surface area contributed by atoms with Gasteiger partial charge in [-0.15, -0.1) is 0 Å². The van der Waals surface area contributed by atoms with Gasteiger partial charge in [0.1, 0.15) is 12.6 Å². The smallest absolute Gasteiger partial charge is 0.264 e. The highest BCUT2D eigenvalue weighted by molar-refractivity contribution is 7.92. The predicted octanol–water partition coefficient (Wildman–Crippen LogP) is 5.57. The van der Waals surface area contributed by atoms with Crippen LogP contribution in [0.25, 0.3) is 0 Å². The molecular weight excluding hydrogens is 534 g/mol. The molecule has 0 saturated heterocycles. The van der Waals surface area contributed by atoms with E-state index in [-0.39, 0.29) is 28.1 Å². The molecule has 3 aromatic rings. The molecule has 2 amide bonds. The molecule has 0 heterocycles. The van der Waals surface area contributed by atoms with E-state index in [1.807, 2.05) is 58.9 Å². The van der Waals surface area contributed by atoms with E-state index >= 15 is 0 Å². The van der Waals surface area contributed by atoms with Gasteiger partial charge < -0.3 is 10.2 Å². The number of carbonyl (C=O) groups is 2. The van der Waals surface area contributed by atoms with Crippen LogP contribution in [-0.2, 0) is 26.2 Å². The van der Waals surface area contributed by atoms with Gasteiger partial charge in [-0.1, -0.05) is 78.7 Å². The molecule has 0 aromatic heterocycles. The Kier molecular flexibility index (Phi) is 9.80. The van der Waals surface area contributed by atoms with Crippen molar-refractivity contribution in [2.45, 2.75) is 64.1 Å². The Morgan fingerprint density at radius 3 is 2.18 bits per heavy atom. The van der Waals surface area contributed by atoms with E-state index in [1.165, 1.54) is 17.0 Å². The third-order valence-corrected chi connectivity index (χ3v) is 8.14. The molecule has 208 valence electrons. The topological polar surface area (TPSA) is 86.8 Å². The second-order valence-corrected chi connectivity index (χ2v) is 12.7. The van der Waals surface area contributed by atoms with Crippen molar-refractivity contribution in [2.24, 2.45) is 0 Å². The van der Waals surface area contributed by atoms with E-state index in [0.29, 0.717) is 6.42 Å². The number of amides is 2. The van der Waals surface area contributed by atoms with Crippen LogP contribution in [-0.4, -0.2) is 43.3 Å². The zero-order valence-electron chi connectivity index (χ0n) is 23.0. The molecule has 7 nitrogen and oxygen atoms in total. The number of halogens is 1. The molecule has 0 spiro atoms. The molecule has 0 saturated carbocycles. The Morgan fingerprint density at radius 2 is 1.59 bits per heavy atom. The van der Waals surface area contributed by atoms with Crippen LogP contribution in [0.15, 0.2) is 83.8 Å². The Balaban J connectivity index is 2.08. The lowest BCUT2D eigenvalue weighted by molar-refractivity contribution is -0.141. The summed E-state index contributed by atoms with van der Waals surface area (Å²) in [6.07, 6.45) is 0.344. The van der Waals surface area contributed by atoms with Crippen molar-refractivity contribution < 1.29 is 18.0 Å². The third kappa shape index (κ3) is 7.83. The summed E-state index contributed by atoms with van der Waals surface area (Å²) in [5.41, 5.74) is 1.51. The maximum Gasteiger partial charge on any atom is 0.264 e. The van der Waals surface area contributed by atoms with Crippen LogP contribution in [0.3, 0.4) is 0 Å². The van der Waals surface area contributed by atoms with Gasteiger partial charge in [-0.2, -0.15) is 0 Å². The molecule has 3 rings (SSSR count). The Labute approximate surface area is 236 Å². The highest BCUT2D eigenvalue weighted by atomic mass is 35.5. The Hall–Kier alpha value is -3.36. The fourth-order valence-electron chi connectivity index (χ4n) is 4.27. The van der Waals surface area contributed by atoms with Crippen LogP contribution < -0.4 is 9.62 Å². The maximum absolute atomic E-state index is 14.1. The van der Waals surface area contributed by atoms with E-state index in [1.54, 1.807) is 42.5 Å². The Bertz CT molecular complexity index is 1400. The zero-order valence-corrected chi connectivity index (χ0v) is 24.6. The minimum Gasteiger partial charge on any atom is -0.350 e. The molecule has 1 atom stereocenters. The normalized spacial score (nSPS) is 12.5. The average molecular weight is 570 g/mol. The van der Waals surface area contributed by atoms with Crippen molar-refractivity contribution in [1.29, 1.82) is 0 Å². The quantitative estimate of drug-likeness (QED) is 0.346. The van der Waals surface area contributed by atoms with Gasteiger partial charge in [0, 0.05) is 12.1 Å². The second-order valence-electron chi connectivity index (χ2n) is 10.5. The van der Waals surface area contributed by atoms with Gasteiger partial charge >= 0.3 is 0 Å². The van der Waals surface area contributed by atoms with Crippen LogP contribution in [0.2, 0.25) is 5.02 Å². The number of carbonyl (C=O) groups excluding carboxylic acids is 2. The second kappa shape index (κ2) is 12.7. The van der Waals surface area contributed by atoms with Gasteiger partial charge in [0.2, 0.25) is 11.8 Å². The highest BCUT2D eigenvalue weighted by Gasteiger charge is 2.35. The van der Waals surface area contributed by atoms with Crippen LogP contribution in [0, 0.1) is 6.92 Å². The first kappa shape index (κ1) is 30.2. The van der Waals surface area contributed by atoms with Crippen molar-refractivity contribution in [3.05, 3.63) is 95.0 Å². The van der Waals surface area contributed by atoms with Crippen LogP contribution in [0.4, 0.5) is 5.69 Å². The first-order chi connectivity index (χ1) is 18.3. The number of aryl methyl sites for hydroxylation is 1. The van der Waals surface area contributed by atoms with E-state index in [9.17, 15) is 18.0 Å². The van der Waals surface area contributed by atoms with Crippen molar-refractivity contribution in [1.82, 2.24) is 10.2 Å². The maximum atomic E-state index is 14.1. The minimum absolute atomic E-state index is 0.0282. The first-order valence-corrected chi connectivity index (χ1v) is 14.6. The number of nitrogens with zero attached hydrogens (tertiary/aromatic N) is 2. The number of hydrogen-bond donors (Lipinski definition) is 1. The summed E-state index contributed by atoms with van der Waals surface area (Å²) in [7, 11) is -4.17. The van der Waals surface area contributed by atoms with Gasteiger partial charge in [-0.3, -0.25) is 13.9 Å². The number of sulfonamides is 1. The number of rotatable bonds is 10. The molecule has 0 radical (unpaired) electrons. The van der Waals surface area contributed by atoms with Gasteiger partial charge in [0.15, 0.2) is 0 Å². The van der Waals surface area contributed by atoms with Gasteiger partial charge in [0.25, 0.3) is 10.0 Å². The number of nitrogens with one attached hydrogen (secondary N) is 1. The minimum atomic E-state index is -4.17. The number of anilines is 1. The molecular formula is C30H36ClN3O4S. The number of benzene rings is 3. The van der Waals surface area contributed by atoms with Gasteiger partial charge in [0.05, 0.1) is 15.6 Å². The van der Waals surface area contributed by atoms with Crippen LogP contribution in [0.1, 0.15) is 45.2 Å². The SMILES string of the molecule is CCC(C(=O)NC(C)(C)C)N(Cc1cccc(C)c1)C(=O)CN(c1ccccc1Cl)S(=O)(=O)c1ccccc1. The predicted molar refractivity (Wildman–Crippen MR) is 156 cm³/mol. The molecule has 1 unspecified atom stereocenters.